The van der Waals surface area contributed by atoms with E-state index in [9.17, 15) is 13.2 Å². The Bertz CT molecular complexity index is 616. The molecule has 1 aromatic carbocycles. The molecule has 8 heteroatoms. The first-order valence-corrected chi connectivity index (χ1v) is 8.19. The zero-order chi connectivity index (χ0) is 15.5. The number of ether oxygens (including phenoxy) is 1. The van der Waals surface area contributed by atoms with E-state index in [-0.39, 0.29) is 26.6 Å². The molecule has 1 atom stereocenters. The van der Waals surface area contributed by atoms with E-state index in [1.54, 1.807) is 6.92 Å². The van der Waals surface area contributed by atoms with E-state index in [1.807, 2.05) is 6.92 Å². The molecule has 1 unspecified atom stereocenters. The molecule has 1 rings (SSSR count). The highest BCUT2D eigenvalue weighted by Crippen LogP contribution is 2.30. The molecular formula is C12H15Cl2NO4S. The molecule has 20 heavy (non-hydrogen) atoms. The number of carbonyl (C=O) groups is 1. The van der Waals surface area contributed by atoms with Crippen LogP contribution in [0.1, 0.15) is 37.0 Å². The fourth-order valence-electron chi connectivity index (χ4n) is 1.59. The zero-order valence-corrected chi connectivity index (χ0v) is 13.3. The lowest BCUT2D eigenvalue weighted by Crippen LogP contribution is -2.17. The van der Waals surface area contributed by atoms with E-state index in [1.165, 1.54) is 0 Å². The monoisotopic (exact) mass is 339 g/mol. The van der Waals surface area contributed by atoms with Gasteiger partial charge in [0, 0.05) is 0 Å². The number of benzene rings is 1. The van der Waals surface area contributed by atoms with Crippen LogP contribution in [0, 0.1) is 0 Å². The van der Waals surface area contributed by atoms with E-state index < -0.39 is 16.0 Å². The highest BCUT2D eigenvalue weighted by molar-refractivity contribution is 7.89. The number of hydrogen-bond donors (Lipinski definition) is 1. The summed E-state index contributed by atoms with van der Waals surface area (Å²) in [7, 11) is -3.99. The molecule has 0 aliphatic rings. The highest BCUT2D eigenvalue weighted by atomic mass is 35.5. The topological polar surface area (TPSA) is 86.5 Å². The molecule has 2 N–H and O–H groups in total. The molecule has 0 aliphatic heterocycles. The van der Waals surface area contributed by atoms with Crippen LogP contribution in [-0.2, 0) is 14.8 Å². The van der Waals surface area contributed by atoms with Crippen LogP contribution in [0.25, 0.3) is 0 Å². The summed E-state index contributed by atoms with van der Waals surface area (Å²) < 4.78 is 27.8. The minimum Gasteiger partial charge on any atom is -0.459 e. The quantitative estimate of drug-likeness (QED) is 0.835. The first-order valence-electron chi connectivity index (χ1n) is 5.89. The molecule has 0 aromatic heterocycles. The Balaban J connectivity index is 3.17. The van der Waals surface area contributed by atoms with Gasteiger partial charge >= 0.3 is 5.97 Å². The van der Waals surface area contributed by atoms with Crippen LogP contribution in [0.15, 0.2) is 17.0 Å². The van der Waals surface area contributed by atoms with Crippen molar-refractivity contribution in [3.05, 3.63) is 27.7 Å². The second-order valence-electron chi connectivity index (χ2n) is 4.32. The number of hydrogen-bond acceptors (Lipinski definition) is 4. The molecule has 0 radical (unpaired) electrons. The van der Waals surface area contributed by atoms with Gasteiger partial charge in [0.05, 0.1) is 26.6 Å². The summed E-state index contributed by atoms with van der Waals surface area (Å²) in [5.41, 5.74) is -0.119. The van der Waals surface area contributed by atoms with Gasteiger partial charge in [0.2, 0.25) is 10.0 Å². The maximum atomic E-state index is 12.0. The fourth-order valence-corrected chi connectivity index (χ4v) is 2.62. The van der Waals surface area contributed by atoms with Gasteiger partial charge in [-0.05, 0) is 25.5 Å². The molecule has 0 spiro atoms. The van der Waals surface area contributed by atoms with Gasteiger partial charge in [-0.1, -0.05) is 36.5 Å². The van der Waals surface area contributed by atoms with Crippen LogP contribution < -0.4 is 5.14 Å². The molecule has 0 aliphatic carbocycles. The standard InChI is InChI=1S/C12H15Cl2NO4S/c1-3-4-7(2)19-12(16)9-5-8(20(15,17)18)6-10(13)11(9)14/h5-7H,3-4H2,1-2H3,(H2,15,17,18). The van der Waals surface area contributed by atoms with Crippen LogP contribution >= 0.6 is 23.2 Å². The number of rotatable bonds is 5. The molecule has 0 bridgehead atoms. The predicted molar refractivity (Wildman–Crippen MR) is 77.6 cm³/mol. The summed E-state index contributed by atoms with van der Waals surface area (Å²) in [6, 6.07) is 2.15. The average Bonchev–Trinajstić information content (AvgIpc) is 2.31. The lowest BCUT2D eigenvalue weighted by Gasteiger charge is -2.14. The van der Waals surface area contributed by atoms with Gasteiger partial charge < -0.3 is 4.74 Å². The van der Waals surface area contributed by atoms with Crippen molar-refractivity contribution in [1.29, 1.82) is 0 Å². The normalized spacial score (nSPS) is 13.1. The molecule has 112 valence electrons. The van der Waals surface area contributed by atoms with Crippen molar-refractivity contribution in [2.75, 3.05) is 0 Å². The van der Waals surface area contributed by atoms with Crippen molar-refractivity contribution >= 4 is 39.2 Å². The lowest BCUT2D eigenvalue weighted by molar-refractivity contribution is 0.0323. The molecule has 0 amide bonds. The number of nitrogens with two attached hydrogens (primary N) is 1. The smallest absolute Gasteiger partial charge is 0.340 e. The van der Waals surface area contributed by atoms with Crippen LogP contribution in [0.4, 0.5) is 0 Å². The summed E-state index contributed by atoms with van der Waals surface area (Å²) in [4.78, 5) is 11.7. The Morgan fingerprint density at radius 3 is 2.50 bits per heavy atom. The molecule has 0 heterocycles. The van der Waals surface area contributed by atoms with Gasteiger partial charge in [-0.15, -0.1) is 0 Å². The van der Waals surface area contributed by atoms with Crippen LogP contribution in [0.3, 0.4) is 0 Å². The summed E-state index contributed by atoms with van der Waals surface area (Å²) in [5.74, 6) is -0.733. The first kappa shape index (κ1) is 17.2. The van der Waals surface area contributed by atoms with Crippen molar-refractivity contribution in [2.24, 2.45) is 5.14 Å². The number of primary sulfonamides is 1. The Morgan fingerprint density at radius 2 is 2.00 bits per heavy atom. The minimum absolute atomic E-state index is 0.0623. The Hall–Kier alpha value is -0.820. The molecule has 0 saturated heterocycles. The lowest BCUT2D eigenvalue weighted by atomic mass is 10.2. The van der Waals surface area contributed by atoms with Crippen LogP contribution in [0.5, 0.6) is 0 Å². The predicted octanol–water partition coefficient (Wildman–Crippen LogP) is 2.99. The Kier molecular flexibility index (Phi) is 5.82. The van der Waals surface area contributed by atoms with Gasteiger partial charge in [0.1, 0.15) is 0 Å². The maximum Gasteiger partial charge on any atom is 0.340 e. The fraction of sp³-hybridized carbons (Fsp3) is 0.417. The van der Waals surface area contributed by atoms with Gasteiger partial charge in [-0.25, -0.2) is 18.4 Å². The molecule has 5 nitrogen and oxygen atoms in total. The summed E-state index contributed by atoms with van der Waals surface area (Å²) in [5, 5.41) is 4.87. The second kappa shape index (κ2) is 6.76. The van der Waals surface area contributed by atoms with E-state index in [4.69, 9.17) is 33.1 Å². The Labute approximate surface area is 128 Å². The Morgan fingerprint density at radius 1 is 1.40 bits per heavy atom. The number of halogens is 2. The maximum absolute atomic E-state index is 12.0. The molecule has 0 fully saturated rings. The zero-order valence-electron chi connectivity index (χ0n) is 11.0. The van der Waals surface area contributed by atoms with E-state index in [2.05, 4.69) is 0 Å². The van der Waals surface area contributed by atoms with Crippen molar-refractivity contribution in [3.8, 4) is 0 Å². The average molecular weight is 340 g/mol. The number of carbonyl (C=O) groups excluding carboxylic acids is 1. The van der Waals surface area contributed by atoms with Gasteiger partial charge in [0.25, 0.3) is 0 Å². The summed E-state index contributed by atoms with van der Waals surface area (Å²) in [6.45, 7) is 3.69. The van der Waals surface area contributed by atoms with Crippen molar-refractivity contribution in [2.45, 2.75) is 37.7 Å². The van der Waals surface area contributed by atoms with Gasteiger partial charge in [0.15, 0.2) is 0 Å². The van der Waals surface area contributed by atoms with E-state index in [0.29, 0.717) is 6.42 Å². The molecule has 0 saturated carbocycles. The third-order valence-corrected chi connectivity index (χ3v) is 4.25. The van der Waals surface area contributed by atoms with Crippen LogP contribution in [-0.4, -0.2) is 20.5 Å². The minimum atomic E-state index is -3.99. The van der Waals surface area contributed by atoms with Crippen molar-refractivity contribution in [1.82, 2.24) is 0 Å². The van der Waals surface area contributed by atoms with Gasteiger partial charge in [-0.3, -0.25) is 0 Å². The SMILES string of the molecule is CCCC(C)OC(=O)c1cc(S(N)(=O)=O)cc(Cl)c1Cl. The number of esters is 1. The summed E-state index contributed by atoms with van der Waals surface area (Å²) >= 11 is 11.7. The largest absolute Gasteiger partial charge is 0.459 e. The van der Waals surface area contributed by atoms with Crippen molar-refractivity contribution < 1.29 is 17.9 Å². The van der Waals surface area contributed by atoms with E-state index in [0.717, 1.165) is 18.6 Å². The third kappa shape index (κ3) is 4.34. The molecular weight excluding hydrogens is 325 g/mol. The van der Waals surface area contributed by atoms with Crippen molar-refractivity contribution in [3.63, 3.8) is 0 Å². The highest BCUT2D eigenvalue weighted by Gasteiger charge is 2.21. The molecule has 1 aromatic rings. The van der Waals surface area contributed by atoms with Gasteiger partial charge in [-0.2, -0.15) is 0 Å². The van der Waals surface area contributed by atoms with Crippen LogP contribution in [0.2, 0.25) is 10.0 Å². The first-order chi connectivity index (χ1) is 9.16. The number of sulfonamides is 1. The third-order valence-electron chi connectivity index (χ3n) is 2.55. The second-order valence-corrected chi connectivity index (χ2v) is 6.66. The van der Waals surface area contributed by atoms with E-state index >= 15 is 0 Å². The summed E-state index contributed by atoms with van der Waals surface area (Å²) in [6.07, 6.45) is 1.23.